The highest BCUT2D eigenvalue weighted by Gasteiger charge is 2.13. The lowest BCUT2D eigenvalue weighted by molar-refractivity contribution is -0.119. The number of halogens is 1. The van der Waals surface area contributed by atoms with Crippen LogP contribution < -0.4 is 5.32 Å². The van der Waals surface area contributed by atoms with Crippen LogP contribution in [0.5, 0.6) is 0 Å². The van der Waals surface area contributed by atoms with Crippen molar-refractivity contribution in [2.24, 2.45) is 0 Å². The number of rotatable bonds is 6. The first-order chi connectivity index (χ1) is 10.5. The summed E-state index contributed by atoms with van der Waals surface area (Å²) >= 11 is 1.35. The Morgan fingerprint density at radius 2 is 2.00 bits per heavy atom. The molecule has 1 amide bonds. The normalized spacial score (nSPS) is 12.4. The number of carbonyl (C=O) groups is 1. The van der Waals surface area contributed by atoms with Crippen molar-refractivity contribution in [2.45, 2.75) is 38.0 Å². The number of hydrogen-bond donors (Lipinski definition) is 1. The fourth-order valence-electron chi connectivity index (χ4n) is 1.94. The van der Waals surface area contributed by atoms with Crippen molar-refractivity contribution in [3.05, 3.63) is 42.0 Å². The zero-order valence-electron chi connectivity index (χ0n) is 12.8. The zero-order chi connectivity index (χ0) is 16.1. The SMILES string of the molecule is CC(NC(=O)CSc1nncn1C(C)C)c1ccc(F)cc1. The molecule has 1 aromatic carbocycles. The van der Waals surface area contributed by atoms with Gasteiger partial charge in [0.05, 0.1) is 11.8 Å². The Hall–Kier alpha value is -1.89. The van der Waals surface area contributed by atoms with Crippen molar-refractivity contribution in [3.63, 3.8) is 0 Å². The molecule has 2 rings (SSSR count). The van der Waals surface area contributed by atoms with Gasteiger partial charge in [-0.1, -0.05) is 23.9 Å². The summed E-state index contributed by atoms with van der Waals surface area (Å²) in [6, 6.07) is 6.19. The molecule has 0 aliphatic heterocycles. The van der Waals surface area contributed by atoms with Gasteiger partial charge in [0.2, 0.25) is 5.91 Å². The predicted molar refractivity (Wildman–Crippen MR) is 84.1 cm³/mol. The van der Waals surface area contributed by atoms with Gasteiger partial charge in [-0.2, -0.15) is 0 Å². The van der Waals surface area contributed by atoms with Crippen LogP contribution in [0.25, 0.3) is 0 Å². The van der Waals surface area contributed by atoms with E-state index in [1.165, 1.54) is 23.9 Å². The van der Waals surface area contributed by atoms with E-state index in [-0.39, 0.29) is 29.6 Å². The molecule has 0 fully saturated rings. The highest BCUT2D eigenvalue weighted by atomic mass is 32.2. The van der Waals surface area contributed by atoms with Gasteiger partial charge in [-0.05, 0) is 38.5 Å². The summed E-state index contributed by atoms with van der Waals surface area (Å²) in [6.07, 6.45) is 1.66. The second kappa shape index (κ2) is 7.40. The number of hydrogen-bond acceptors (Lipinski definition) is 4. The van der Waals surface area contributed by atoms with Crippen LogP contribution in [0.3, 0.4) is 0 Å². The van der Waals surface area contributed by atoms with E-state index in [1.807, 2.05) is 25.3 Å². The molecule has 0 saturated heterocycles. The van der Waals surface area contributed by atoms with Gasteiger partial charge >= 0.3 is 0 Å². The first-order valence-corrected chi connectivity index (χ1v) is 8.03. The van der Waals surface area contributed by atoms with Crippen molar-refractivity contribution in [3.8, 4) is 0 Å². The van der Waals surface area contributed by atoms with E-state index in [2.05, 4.69) is 15.5 Å². The van der Waals surface area contributed by atoms with Crippen LogP contribution in [0.15, 0.2) is 35.7 Å². The number of benzene rings is 1. The molecule has 1 aromatic heterocycles. The lowest BCUT2D eigenvalue weighted by Crippen LogP contribution is -2.28. The van der Waals surface area contributed by atoms with Gasteiger partial charge in [0.15, 0.2) is 5.16 Å². The van der Waals surface area contributed by atoms with Crippen LogP contribution >= 0.6 is 11.8 Å². The average molecular weight is 322 g/mol. The van der Waals surface area contributed by atoms with E-state index in [0.717, 1.165) is 10.7 Å². The Labute approximate surface area is 133 Å². The maximum Gasteiger partial charge on any atom is 0.230 e. The third kappa shape index (κ3) is 4.30. The Kier molecular flexibility index (Phi) is 5.54. The van der Waals surface area contributed by atoms with Gasteiger partial charge in [0, 0.05) is 6.04 Å². The third-order valence-corrected chi connectivity index (χ3v) is 4.13. The summed E-state index contributed by atoms with van der Waals surface area (Å²) in [6.45, 7) is 5.93. The van der Waals surface area contributed by atoms with Crippen molar-refractivity contribution in [1.82, 2.24) is 20.1 Å². The topological polar surface area (TPSA) is 59.8 Å². The van der Waals surface area contributed by atoms with E-state index in [1.54, 1.807) is 18.5 Å². The predicted octanol–water partition coefficient (Wildman–Crippen LogP) is 2.97. The molecule has 0 bridgehead atoms. The molecule has 1 heterocycles. The number of nitrogens with zero attached hydrogens (tertiary/aromatic N) is 3. The molecule has 1 N–H and O–H groups in total. The van der Waals surface area contributed by atoms with E-state index in [0.29, 0.717) is 0 Å². The summed E-state index contributed by atoms with van der Waals surface area (Å²) in [5.41, 5.74) is 0.866. The van der Waals surface area contributed by atoms with Crippen molar-refractivity contribution < 1.29 is 9.18 Å². The van der Waals surface area contributed by atoms with Crippen LogP contribution in [-0.2, 0) is 4.79 Å². The fraction of sp³-hybridized carbons (Fsp3) is 0.400. The van der Waals surface area contributed by atoms with Gasteiger partial charge in [-0.25, -0.2) is 4.39 Å². The lowest BCUT2D eigenvalue weighted by atomic mass is 10.1. The number of nitrogens with one attached hydrogen (secondary N) is 1. The molecule has 1 atom stereocenters. The Morgan fingerprint density at radius 1 is 1.32 bits per heavy atom. The number of aromatic nitrogens is 3. The fourth-order valence-corrected chi connectivity index (χ4v) is 2.79. The largest absolute Gasteiger partial charge is 0.349 e. The Bertz CT molecular complexity index is 627. The molecule has 0 aliphatic carbocycles. The molecule has 22 heavy (non-hydrogen) atoms. The summed E-state index contributed by atoms with van der Waals surface area (Å²) in [7, 11) is 0. The number of carbonyl (C=O) groups excluding carboxylic acids is 1. The van der Waals surface area contributed by atoms with Gasteiger partial charge in [-0.3, -0.25) is 4.79 Å². The summed E-state index contributed by atoms with van der Waals surface area (Å²) < 4.78 is 14.8. The minimum absolute atomic E-state index is 0.0971. The molecule has 1 unspecified atom stereocenters. The molecular weight excluding hydrogens is 303 g/mol. The number of amides is 1. The minimum atomic E-state index is -0.286. The summed E-state index contributed by atoms with van der Waals surface area (Å²) in [5, 5.41) is 11.5. The smallest absolute Gasteiger partial charge is 0.230 e. The second-order valence-corrected chi connectivity index (χ2v) is 6.19. The summed E-state index contributed by atoms with van der Waals surface area (Å²) in [4.78, 5) is 12.0. The van der Waals surface area contributed by atoms with Crippen LogP contribution in [-0.4, -0.2) is 26.4 Å². The first-order valence-electron chi connectivity index (χ1n) is 7.04. The molecule has 7 heteroatoms. The van der Waals surface area contributed by atoms with Crippen LogP contribution in [0.2, 0.25) is 0 Å². The van der Waals surface area contributed by atoms with Crippen LogP contribution in [0, 0.1) is 5.82 Å². The van der Waals surface area contributed by atoms with E-state index >= 15 is 0 Å². The first kappa shape index (κ1) is 16.5. The van der Waals surface area contributed by atoms with Crippen LogP contribution in [0.4, 0.5) is 4.39 Å². The van der Waals surface area contributed by atoms with Gasteiger partial charge in [0.25, 0.3) is 0 Å². The lowest BCUT2D eigenvalue weighted by Gasteiger charge is -2.14. The highest BCUT2D eigenvalue weighted by molar-refractivity contribution is 7.99. The molecule has 0 spiro atoms. The Balaban J connectivity index is 1.87. The van der Waals surface area contributed by atoms with Crippen LogP contribution in [0.1, 0.15) is 38.4 Å². The highest BCUT2D eigenvalue weighted by Crippen LogP contribution is 2.19. The van der Waals surface area contributed by atoms with Crippen molar-refractivity contribution in [1.29, 1.82) is 0 Å². The monoisotopic (exact) mass is 322 g/mol. The van der Waals surface area contributed by atoms with Gasteiger partial charge in [0.1, 0.15) is 12.1 Å². The van der Waals surface area contributed by atoms with Crippen molar-refractivity contribution >= 4 is 17.7 Å². The molecule has 0 aliphatic rings. The van der Waals surface area contributed by atoms with Crippen molar-refractivity contribution in [2.75, 3.05) is 5.75 Å². The Morgan fingerprint density at radius 3 is 2.64 bits per heavy atom. The minimum Gasteiger partial charge on any atom is -0.349 e. The molecule has 5 nitrogen and oxygen atoms in total. The van der Waals surface area contributed by atoms with Gasteiger partial charge in [-0.15, -0.1) is 10.2 Å². The number of thioether (sulfide) groups is 1. The molecule has 118 valence electrons. The molecule has 0 saturated carbocycles. The van der Waals surface area contributed by atoms with E-state index in [4.69, 9.17) is 0 Å². The molecule has 2 aromatic rings. The van der Waals surface area contributed by atoms with Gasteiger partial charge < -0.3 is 9.88 Å². The average Bonchev–Trinajstić information content (AvgIpc) is 2.94. The molecular formula is C15H19FN4OS. The maximum atomic E-state index is 12.9. The third-order valence-electron chi connectivity index (χ3n) is 3.18. The second-order valence-electron chi connectivity index (χ2n) is 5.24. The standard InChI is InChI=1S/C15H19FN4OS/c1-10(2)20-9-17-19-15(20)22-8-14(21)18-11(3)12-4-6-13(16)7-5-12/h4-7,9-11H,8H2,1-3H3,(H,18,21). The summed E-state index contributed by atoms with van der Waals surface area (Å²) in [5.74, 6) is -0.122. The molecule has 0 radical (unpaired) electrons. The van der Waals surface area contributed by atoms with E-state index < -0.39 is 0 Å². The zero-order valence-corrected chi connectivity index (χ0v) is 13.6. The quantitative estimate of drug-likeness (QED) is 0.831. The van der Waals surface area contributed by atoms with E-state index in [9.17, 15) is 9.18 Å². The maximum absolute atomic E-state index is 12.9.